The van der Waals surface area contributed by atoms with Gasteiger partial charge < -0.3 is 4.74 Å². The topological polar surface area (TPSA) is 72.5 Å². The Hall–Kier alpha value is -1.82. The highest BCUT2D eigenvalue weighted by molar-refractivity contribution is 8.14. The van der Waals surface area contributed by atoms with E-state index >= 15 is 0 Å². The van der Waals surface area contributed by atoms with Gasteiger partial charge in [-0.1, -0.05) is 30.0 Å². The quantitative estimate of drug-likeness (QED) is 0.767. The Morgan fingerprint density at radius 1 is 1.29 bits per heavy atom. The first-order chi connectivity index (χ1) is 8.13. The summed E-state index contributed by atoms with van der Waals surface area (Å²) in [6.45, 7) is 0. The fraction of sp³-hybridized carbons (Fsp3) is 0.182. The fourth-order valence-corrected chi connectivity index (χ4v) is 1.53. The summed E-state index contributed by atoms with van der Waals surface area (Å²) in [5.41, 5.74) is 0.588. The average Bonchev–Trinajstić information content (AvgIpc) is 2.74. The lowest BCUT2D eigenvalue weighted by Crippen LogP contribution is -2.18. The molecule has 1 aromatic rings. The molecule has 6 heteroatoms. The number of ether oxygens (including phenoxy) is 1. The first-order valence-corrected chi connectivity index (χ1v) is 5.72. The number of amides is 2. The molecule has 2 amide bonds. The van der Waals surface area contributed by atoms with E-state index < -0.39 is 0 Å². The summed E-state index contributed by atoms with van der Waals surface area (Å²) in [6, 6.07) is 8.88. The number of carbonyl (C=O) groups excluding carboxylic acids is 3. The van der Waals surface area contributed by atoms with Crippen LogP contribution in [0.4, 0.5) is 4.79 Å². The summed E-state index contributed by atoms with van der Waals surface area (Å²) in [7, 11) is 1.37. The normalized spacial score (nSPS) is 13.5. The number of nitrogens with one attached hydrogen (secondary N) is 1. The summed E-state index contributed by atoms with van der Waals surface area (Å²) >= 11 is 1.01. The van der Waals surface area contributed by atoms with Crippen molar-refractivity contribution < 1.29 is 19.1 Å². The average molecular weight is 253 g/mol. The SMILES string of the molecule is COC(=O)c1ccccc1.O=C1CSC(=O)N1. The third-order valence-corrected chi connectivity index (χ3v) is 2.54. The molecule has 1 saturated heterocycles. The molecule has 0 aliphatic carbocycles. The number of thioether (sulfide) groups is 1. The van der Waals surface area contributed by atoms with Crippen LogP contribution < -0.4 is 5.32 Å². The molecule has 1 N–H and O–H groups in total. The van der Waals surface area contributed by atoms with E-state index in [1.807, 2.05) is 6.07 Å². The molecule has 0 saturated carbocycles. The monoisotopic (exact) mass is 253 g/mol. The number of hydrogen-bond acceptors (Lipinski definition) is 5. The van der Waals surface area contributed by atoms with E-state index in [0.29, 0.717) is 11.3 Å². The van der Waals surface area contributed by atoms with Gasteiger partial charge in [0.1, 0.15) is 0 Å². The highest BCUT2D eigenvalue weighted by Gasteiger charge is 2.16. The highest BCUT2D eigenvalue weighted by atomic mass is 32.2. The minimum Gasteiger partial charge on any atom is -0.465 e. The van der Waals surface area contributed by atoms with Gasteiger partial charge in [0.2, 0.25) is 5.91 Å². The van der Waals surface area contributed by atoms with Crippen LogP contribution in [0.5, 0.6) is 0 Å². The van der Waals surface area contributed by atoms with Gasteiger partial charge in [-0.15, -0.1) is 0 Å². The lowest BCUT2D eigenvalue weighted by molar-refractivity contribution is -0.117. The molecule has 0 aromatic heterocycles. The van der Waals surface area contributed by atoms with Gasteiger partial charge in [0, 0.05) is 0 Å². The van der Waals surface area contributed by atoms with Gasteiger partial charge in [0.15, 0.2) is 0 Å². The second-order valence-electron chi connectivity index (χ2n) is 2.98. The van der Waals surface area contributed by atoms with E-state index in [-0.39, 0.29) is 17.1 Å². The number of methoxy groups -OCH3 is 1. The van der Waals surface area contributed by atoms with Crippen LogP contribution >= 0.6 is 11.8 Å². The Morgan fingerprint density at radius 3 is 2.29 bits per heavy atom. The van der Waals surface area contributed by atoms with E-state index in [4.69, 9.17) is 0 Å². The maximum absolute atomic E-state index is 10.8. The Morgan fingerprint density at radius 2 is 1.94 bits per heavy atom. The Balaban J connectivity index is 0.000000181. The maximum Gasteiger partial charge on any atom is 0.337 e. The molecule has 1 aliphatic rings. The van der Waals surface area contributed by atoms with Crippen molar-refractivity contribution in [3.63, 3.8) is 0 Å². The predicted molar refractivity (Wildman–Crippen MR) is 63.8 cm³/mol. The first kappa shape index (κ1) is 13.2. The van der Waals surface area contributed by atoms with Gasteiger partial charge in [-0.3, -0.25) is 14.9 Å². The number of imide groups is 1. The van der Waals surface area contributed by atoms with Crippen LogP contribution in [0.2, 0.25) is 0 Å². The predicted octanol–water partition coefficient (Wildman–Crippen LogP) is 1.44. The molecule has 0 radical (unpaired) electrons. The van der Waals surface area contributed by atoms with E-state index in [2.05, 4.69) is 10.1 Å². The molecule has 17 heavy (non-hydrogen) atoms. The van der Waals surface area contributed by atoms with E-state index in [9.17, 15) is 14.4 Å². The summed E-state index contributed by atoms with van der Waals surface area (Å²) in [6.07, 6.45) is 0. The standard InChI is InChI=1S/C8H8O2.C3H3NO2S/c1-10-8(9)7-5-3-2-4-6-7;5-2-1-7-3(6)4-2/h2-6H,1H3;1H2,(H,4,5,6). The molecule has 1 aliphatic heterocycles. The van der Waals surface area contributed by atoms with Crippen molar-refractivity contribution in [1.29, 1.82) is 0 Å². The molecular weight excluding hydrogens is 242 g/mol. The van der Waals surface area contributed by atoms with Crippen LogP contribution in [0.3, 0.4) is 0 Å². The molecule has 90 valence electrons. The second-order valence-corrected chi connectivity index (χ2v) is 3.93. The van der Waals surface area contributed by atoms with Crippen molar-refractivity contribution in [1.82, 2.24) is 5.32 Å². The largest absolute Gasteiger partial charge is 0.465 e. The van der Waals surface area contributed by atoms with Crippen molar-refractivity contribution >= 4 is 28.9 Å². The zero-order valence-electron chi connectivity index (χ0n) is 9.14. The van der Waals surface area contributed by atoms with Gasteiger partial charge in [0.25, 0.3) is 5.24 Å². The Labute approximate surface area is 103 Å². The van der Waals surface area contributed by atoms with Gasteiger partial charge in [-0.25, -0.2) is 4.79 Å². The van der Waals surface area contributed by atoms with Crippen LogP contribution in [0, 0.1) is 0 Å². The van der Waals surface area contributed by atoms with Crippen molar-refractivity contribution in [2.75, 3.05) is 12.9 Å². The van der Waals surface area contributed by atoms with E-state index in [1.54, 1.807) is 24.3 Å². The molecule has 0 unspecified atom stereocenters. The van der Waals surface area contributed by atoms with Crippen molar-refractivity contribution in [3.8, 4) is 0 Å². The van der Waals surface area contributed by atoms with Crippen LogP contribution in [-0.2, 0) is 9.53 Å². The zero-order chi connectivity index (χ0) is 12.7. The van der Waals surface area contributed by atoms with Crippen LogP contribution in [0.1, 0.15) is 10.4 Å². The third kappa shape index (κ3) is 4.69. The summed E-state index contributed by atoms with van der Waals surface area (Å²) in [5, 5.41) is 1.87. The molecular formula is C11H11NO4S. The van der Waals surface area contributed by atoms with Crippen molar-refractivity contribution in [2.45, 2.75) is 0 Å². The summed E-state index contributed by atoms with van der Waals surface area (Å²) < 4.78 is 4.50. The molecule has 0 spiro atoms. The van der Waals surface area contributed by atoms with Crippen LogP contribution in [-0.4, -0.2) is 30.0 Å². The van der Waals surface area contributed by atoms with E-state index in [0.717, 1.165) is 11.8 Å². The fourth-order valence-electron chi connectivity index (χ4n) is 1.01. The first-order valence-electron chi connectivity index (χ1n) is 4.73. The molecule has 1 aromatic carbocycles. The maximum atomic E-state index is 10.8. The molecule has 0 bridgehead atoms. The lowest BCUT2D eigenvalue weighted by atomic mass is 10.2. The summed E-state index contributed by atoms with van der Waals surface area (Å²) in [4.78, 5) is 31.0. The molecule has 5 nitrogen and oxygen atoms in total. The molecule has 2 rings (SSSR count). The summed E-state index contributed by atoms with van der Waals surface area (Å²) in [5.74, 6) is -0.186. The molecule has 0 atom stereocenters. The van der Waals surface area contributed by atoms with E-state index in [1.165, 1.54) is 7.11 Å². The van der Waals surface area contributed by atoms with Gasteiger partial charge in [-0.05, 0) is 12.1 Å². The Kier molecular flexibility index (Phi) is 5.22. The van der Waals surface area contributed by atoms with Crippen molar-refractivity contribution in [3.05, 3.63) is 35.9 Å². The van der Waals surface area contributed by atoms with Gasteiger partial charge in [-0.2, -0.15) is 0 Å². The minimum atomic E-state index is -0.291. The highest BCUT2D eigenvalue weighted by Crippen LogP contribution is 2.06. The minimum absolute atomic E-state index is 0.185. The molecule has 1 heterocycles. The number of esters is 1. The van der Waals surface area contributed by atoms with Gasteiger partial charge >= 0.3 is 5.97 Å². The molecule has 1 fully saturated rings. The zero-order valence-corrected chi connectivity index (χ0v) is 9.95. The lowest BCUT2D eigenvalue weighted by Gasteiger charge is -1.95. The Bertz CT molecular complexity index is 405. The second kappa shape index (κ2) is 6.70. The van der Waals surface area contributed by atoms with Crippen molar-refractivity contribution in [2.24, 2.45) is 0 Å². The third-order valence-electron chi connectivity index (χ3n) is 1.77. The number of carbonyl (C=O) groups is 3. The van der Waals surface area contributed by atoms with Crippen LogP contribution in [0.15, 0.2) is 30.3 Å². The number of hydrogen-bond donors (Lipinski definition) is 1. The van der Waals surface area contributed by atoms with Crippen LogP contribution in [0.25, 0.3) is 0 Å². The van der Waals surface area contributed by atoms with Gasteiger partial charge in [0.05, 0.1) is 18.4 Å². The number of rotatable bonds is 1. The number of benzene rings is 1. The smallest absolute Gasteiger partial charge is 0.337 e.